The summed E-state index contributed by atoms with van der Waals surface area (Å²) in [7, 11) is 0. The Kier molecular flexibility index (Phi) is 5.06. The third kappa shape index (κ3) is 4.13. The van der Waals surface area contributed by atoms with Crippen LogP contribution >= 0.6 is 11.6 Å². The first-order chi connectivity index (χ1) is 10.1. The van der Waals surface area contributed by atoms with Gasteiger partial charge in [-0.2, -0.15) is 25.3 Å². The molecular formula is C13H16ClN7. The van der Waals surface area contributed by atoms with Gasteiger partial charge in [0.05, 0.1) is 12.5 Å². The molecule has 2 heterocycles. The monoisotopic (exact) mass is 305 g/mol. The zero-order valence-electron chi connectivity index (χ0n) is 11.9. The van der Waals surface area contributed by atoms with Crippen molar-refractivity contribution in [1.29, 1.82) is 5.26 Å². The molecule has 0 aliphatic carbocycles. The highest BCUT2D eigenvalue weighted by Crippen LogP contribution is 2.15. The number of aromatic nitrogens is 5. The van der Waals surface area contributed by atoms with Crippen LogP contribution in [0.25, 0.3) is 5.95 Å². The lowest BCUT2D eigenvalue weighted by molar-refractivity contribution is 0.599. The Bertz CT molecular complexity index is 618. The summed E-state index contributed by atoms with van der Waals surface area (Å²) in [6, 6.07) is 3.91. The zero-order valence-corrected chi connectivity index (χ0v) is 12.7. The van der Waals surface area contributed by atoms with Crippen LogP contribution in [0.3, 0.4) is 0 Å². The lowest BCUT2D eigenvalue weighted by Gasteiger charge is -2.23. The predicted octanol–water partition coefficient (Wildman–Crippen LogP) is 2.09. The minimum atomic E-state index is 0.108. The van der Waals surface area contributed by atoms with Gasteiger partial charge in [0.25, 0.3) is 5.95 Å². The van der Waals surface area contributed by atoms with Gasteiger partial charge in [-0.05, 0) is 23.6 Å². The summed E-state index contributed by atoms with van der Waals surface area (Å²) >= 11 is 5.99. The van der Waals surface area contributed by atoms with Crippen LogP contribution in [0.15, 0.2) is 18.5 Å². The summed E-state index contributed by atoms with van der Waals surface area (Å²) in [5.41, 5.74) is 0. The van der Waals surface area contributed by atoms with Crippen LogP contribution in [0.5, 0.6) is 0 Å². The molecule has 0 radical (unpaired) electrons. The molecule has 0 amide bonds. The van der Waals surface area contributed by atoms with E-state index in [1.807, 2.05) is 4.90 Å². The fourth-order valence-corrected chi connectivity index (χ4v) is 2.01. The maximum absolute atomic E-state index is 8.79. The second-order valence-corrected chi connectivity index (χ2v) is 5.24. The van der Waals surface area contributed by atoms with Crippen molar-refractivity contribution >= 4 is 17.5 Å². The summed E-state index contributed by atoms with van der Waals surface area (Å²) in [5, 5.41) is 13.0. The van der Waals surface area contributed by atoms with Gasteiger partial charge in [-0.25, -0.2) is 4.68 Å². The first-order valence-corrected chi connectivity index (χ1v) is 7.01. The molecule has 2 aromatic rings. The maximum Gasteiger partial charge on any atom is 0.256 e. The van der Waals surface area contributed by atoms with Crippen molar-refractivity contribution in [3.8, 4) is 12.0 Å². The van der Waals surface area contributed by atoms with E-state index in [4.69, 9.17) is 16.9 Å². The normalized spacial score (nSPS) is 10.6. The number of nitrogens with zero attached hydrogens (tertiary/aromatic N) is 7. The quantitative estimate of drug-likeness (QED) is 0.812. The van der Waals surface area contributed by atoms with Crippen LogP contribution in [0.1, 0.15) is 20.3 Å². The van der Waals surface area contributed by atoms with Gasteiger partial charge in [-0.1, -0.05) is 13.8 Å². The summed E-state index contributed by atoms with van der Waals surface area (Å²) in [5.74, 6) is 1.23. The lowest BCUT2D eigenvalue weighted by Crippen LogP contribution is -2.30. The highest BCUT2D eigenvalue weighted by atomic mass is 35.5. The number of halogens is 1. The van der Waals surface area contributed by atoms with Gasteiger partial charge in [0, 0.05) is 25.5 Å². The number of hydrogen-bond acceptors (Lipinski definition) is 6. The van der Waals surface area contributed by atoms with Crippen molar-refractivity contribution in [3.05, 3.63) is 23.7 Å². The van der Waals surface area contributed by atoms with Crippen molar-refractivity contribution < 1.29 is 0 Å². The fraction of sp³-hybridized carbons (Fsp3) is 0.462. The molecule has 0 aliphatic heterocycles. The summed E-state index contributed by atoms with van der Waals surface area (Å²) in [6.07, 6.45) is 3.77. The average molecular weight is 306 g/mol. The van der Waals surface area contributed by atoms with Gasteiger partial charge in [-0.3, -0.25) is 0 Å². The molecule has 21 heavy (non-hydrogen) atoms. The third-order valence-corrected chi connectivity index (χ3v) is 2.82. The molecule has 0 saturated carbocycles. The summed E-state index contributed by atoms with van der Waals surface area (Å²) in [4.78, 5) is 14.6. The standard InChI is InChI=1S/C13H16ClN7/c1-10(2)9-20(7-3-5-15)12-17-11(14)18-13(19-12)21-8-4-6-16-21/h4,6,8,10H,3,7,9H2,1-2H3. The molecule has 2 rings (SSSR count). The van der Waals surface area contributed by atoms with Crippen LogP contribution in [0.2, 0.25) is 5.28 Å². The number of anilines is 1. The Balaban J connectivity index is 2.33. The largest absolute Gasteiger partial charge is 0.339 e. The first-order valence-electron chi connectivity index (χ1n) is 6.63. The second kappa shape index (κ2) is 6.99. The minimum Gasteiger partial charge on any atom is -0.339 e. The molecule has 0 aromatic carbocycles. The highest BCUT2D eigenvalue weighted by Gasteiger charge is 2.15. The second-order valence-electron chi connectivity index (χ2n) is 4.90. The average Bonchev–Trinajstić information content (AvgIpc) is 2.96. The molecule has 0 aliphatic rings. The van der Waals surface area contributed by atoms with E-state index in [1.165, 1.54) is 4.68 Å². The van der Waals surface area contributed by atoms with Crippen LogP contribution in [0, 0.1) is 17.2 Å². The van der Waals surface area contributed by atoms with E-state index in [-0.39, 0.29) is 5.28 Å². The van der Waals surface area contributed by atoms with E-state index >= 15 is 0 Å². The van der Waals surface area contributed by atoms with Crippen molar-refractivity contribution in [2.24, 2.45) is 5.92 Å². The van der Waals surface area contributed by atoms with Crippen molar-refractivity contribution in [1.82, 2.24) is 24.7 Å². The SMILES string of the molecule is CC(C)CN(CCC#N)c1nc(Cl)nc(-n2cccn2)n1. The molecule has 0 bridgehead atoms. The summed E-state index contributed by atoms with van der Waals surface area (Å²) < 4.78 is 1.52. The van der Waals surface area contributed by atoms with Crippen molar-refractivity contribution in [3.63, 3.8) is 0 Å². The van der Waals surface area contributed by atoms with Crippen LogP contribution in [0.4, 0.5) is 5.95 Å². The Labute approximate surface area is 128 Å². The first kappa shape index (κ1) is 15.2. The number of nitriles is 1. The van der Waals surface area contributed by atoms with E-state index in [1.54, 1.807) is 18.5 Å². The van der Waals surface area contributed by atoms with E-state index in [9.17, 15) is 0 Å². The molecule has 0 spiro atoms. The molecule has 0 saturated heterocycles. The smallest absolute Gasteiger partial charge is 0.256 e. The van der Waals surface area contributed by atoms with E-state index in [0.29, 0.717) is 30.8 Å². The molecular weight excluding hydrogens is 290 g/mol. The van der Waals surface area contributed by atoms with E-state index in [0.717, 1.165) is 6.54 Å². The lowest BCUT2D eigenvalue weighted by atomic mass is 10.2. The number of hydrogen-bond donors (Lipinski definition) is 0. The Morgan fingerprint density at radius 2 is 2.19 bits per heavy atom. The predicted molar refractivity (Wildman–Crippen MR) is 79.2 cm³/mol. The van der Waals surface area contributed by atoms with Crippen LogP contribution < -0.4 is 4.90 Å². The zero-order chi connectivity index (χ0) is 15.2. The Hall–Kier alpha value is -2.20. The highest BCUT2D eigenvalue weighted by molar-refractivity contribution is 6.28. The molecule has 0 N–H and O–H groups in total. The van der Waals surface area contributed by atoms with Crippen molar-refractivity contribution in [2.75, 3.05) is 18.0 Å². The van der Waals surface area contributed by atoms with E-state index < -0.39 is 0 Å². The van der Waals surface area contributed by atoms with Crippen LogP contribution in [-0.2, 0) is 0 Å². The maximum atomic E-state index is 8.79. The fourth-order valence-electron chi connectivity index (χ4n) is 1.86. The summed E-state index contributed by atoms with van der Waals surface area (Å²) in [6.45, 7) is 5.47. The van der Waals surface area contributed by atoms with Gasteiger partial charge < -0.3 is 4.90 Å². The van der Waals surface area contributed by atoms with Gasteiger partial charge in [-0.15, -0.1) is 0 Å². The Morgan fingerprint density at radius 3 is 2.81 bits per heavy atom. The van der Waals surface area contributed by atoms with Crippen molar-refractivity contribution in [2.45, 2.75) is 20.3 Å². The topological polar surface area (TPSA) is 83.5 Å². The third-order valence-electron chi connectivity index (χ3n) is 2.66. The van der Waals surface area contributed by atoms with Gasteiger partial charge in [0.15, 0.2) is 0 Å². The Morgan fingerprint density at radius 1 is 1.38 bits per heavy atom. The molecule has 0 atom stereocenters. The van der Waals surface area contributed by atoms with Crippen LogP contribution in [-0.4, -0.2) is 37.8 Å². The molecule has 0 unspecified atom stereocenters. The van der Waals surface area contributed by atoms with Gasteiger partial charge in [0.2, 0.25) is 11.2 Å². The molecule has 7 nitrogen and oxygen atoms in total. The van der Waals surface area contributed by atoms with E-state index in [2.05, 4.69) is 40.0 Å². The molecule has 110 valence electrons. The number of rotatable bonds is 6. The molecule has 0 fully saturated rings. The molecule has 2 aromatic heterocycles. The molecule has 8 heteroatoms. The van der Waals surface area contributed by atoms with Gasteiger partial charge in [0.1, 0.15) is 0 Å². The minimum absolute atomic E-state index is 0.108. The van der Waals surface area contributed by atoms with Gasteiger partial charge >= 0.3 is 0 Å².